The molecule has 0 spiro atoms. The van der Waals surface area contributed by atoms with Gasteiger partial charge in [-0.1, -0.05) is 6.07 Å². The molecule has 2 heterocycles. The summed E-state index contributed by atoms with van der Waals surface area (Å²) in [5.74, 6) is 1.08. The Bertz CT molecular complexity index is 1510. The van der Waals surface area contributed by atoms with Crippen LogP contribution in [-0.4, -0.2) is 64.9 Å². The summed E-state index contributed by atoms with van der Waals surface area (Å²) < 4.78 is 61.4. The molecular weight excluding hydrogens is 577 g/mol. The zero-order valence-corrected chi connectivity index (χ0v) is 25.4. The molecule has 3 aromatic rings. The molecule has 0 N–H and O–H groups in total. The van der Waals surface area contributed by atoms with Crippen LogP contribution in [0.15, 0.2) is 36.4 Å². The quantitative estimate of drug-likeness (QED) is 0.269. The number of amides is 3. The molecule has 9 nitrogen and oxygen atoms in total. The Hall–Kier alpha value is -4.22. The summed E-state index contributed by atoms with van der Waals surface area (Å²) in [6.07, 6.45) is -0.000565. The highest BCUT2D eigenvalue weighted by molar-refractivity contribution is 5.96. The molecule has 0 unspecified atom stereocenters. The maximum Gasteiger partial charge on any atom is 0.416 e. The number of methoxy groups -OCH3 is 2. The number of benzene rings is 2. The third-order valence-electron chi connectivity index (χ3n) is 8.16. The molecule has 44 heavy (non-hydrogen) atoms. The molecule has 2 fully saturated rings. The lowest BCUT2D eigenvalue weighted by Gasteiger charge is -2.34. The predicted octanol–water partition coefficient (Wildman–Crippen LogP) is 6.24. The molecule has 1 saturated heterocycles. The summed E-state index contributed by atoms with van der Waals surface area (Å²) in [4.78, 5) is 28.6. The number of nitrogens with zero attached hydrogens (tertiary/aromatic N) is 4. The second-order valence-electron chi connectivity index (χ2n) is 11.3. The van der Waals surface area contributed by atoms with Gasteiger partial charge in [0, 0.05) is 25.2 Å². The second-order valence-corrected chi connectivity index (χ2v) is 11.3. The third-order valence-corrected chi connectivity index (χ3v) is 8.16. The SMILES string of the molecule is COc1cc(CCN2CCC(=O)N(Cc3ccc(-n4nc(C)cc4C)cc3C(F)(F)F)C2=O)cc(OC)c1OC1CCCC1. The second kappa shape index (κ2) is 12.8. The molecule has 0 radical (unpaired) electrons. The van der Waals surface area contributed by atoms with Crippen molar-refractivity contribution in [2.45, 2.75) is 71.2 Å². The van der Waals surface area contributed by atoms with Crippen molar-refractivity contribution in [3.05, 3.63) is 64.5 Å². The average Bonchev–Trinajstić information content (AvgIpc) is 3.63. The van der Waals surface area contributed by atoms with E-state index in [-0.39, 0.29) is 36.9 Å². The lowest BCUT2D eigenvalue weighted by molar-refractivity contribution is -0.139. The number of imide groups is 1. The van der Waals surface area contributed by atoms with Crippen LogP contribution in [0.2, 0.25) is 0 Å². The molecule has 5 rings (SSSR count). The van der Waals surface area contributed by atoms with Crippen molar-refractivity contribution in [3.8, 4) is 22.9 Å². The molecule has 1 aliphatic carbocycles. The smallest absolute Gasteiger partial charge is 0.416 e. The van der Waals surface area contributed by atoms with Crippen molar-refractivity contribution in [2.75, 3.05) is 27.3 Å². The van der Waals surface area contributed by atoms with Crippen LogP contribution in [0.5, 0.6) is 17.2 Å². The summed E-state index contributed by atoms with van der Waals surface area (Å²) in [5.41, 5.74) is 1.35. The first-order valence-electron chi connectivity index (χ1n) is 14.7. The lowest BCUT2D eigenvalue weighted by Crippen LogP contribution is -2.52. The van der Waals surface area contributed by atoms with Gasteiger partial charge in [-0.25, -0.2) is 9.48 Å². The number of urea groups is 1. The molecule has 2 aliphatic rings. The number of hydrogen-bond donors (Lipinski definition) is 0. The van der Waals surface area contributed by atoms with Crippen LogP contribution in [0, 0.1) is 13.8 Å². The summed E-state index contributed by atoms with van der Waals surface area (Å²) in [5, 5.41) is 4.28. The van der Waals surface area contributed by atoms with Crippen molar-refractivity contribution in [3.63, 3.8) is 0 Å². The van der Waals surface area contributed by atoms with Gasteiger partial charge >= 0.3 is 12.2 Å². The van der Waals surface area contributed by atoms with Crippen LogP contribution < -0.4 is 14.2 Å². The van der Waals surface area contributed by atoms with Gasteiger partial charge in [-0.15, -0.1) is 0 Å². The normalized spacial score (nSPS) is 16.2. The maximum atomic E-state index is 14.2. The van der Waals surface area contributed by atoms with Crippen LogP contribution in [0.4, 0.5) is 18.0 Å². The van der Waals surface area contributed by atoms with Gasteiger partial charge in [0.05, 0.1) is 43.8 Å². The number of aromatic nitrogens is 2. The Labute approximate surface area is 254 Å². The number of ether oxygens (including phenoxy) is 3. The van der Waals surface area contributed by atoms with E-state index in [4.69, 9.17) is 14.2 Å². The van der Waals surface area contributed by atoms with E-state index >= 15 is 0 Å². The molecule has 1 aliphatic heterocycles. The van der Waals surface area contributed by atoms with Gasteiger partial charge in [0.2, 0.25) is 11.7 Å². The van der Waals surface area contributed by atoms with Crippen LogP contribution in [0.1, 0.15) is 60.2 Å². The van der Waals surface area contributed by atoms with E-state index in [2.05, 4.69) is 5.10 Å². The Morgan fingerprint density at radius 1 is 0.977 bits per heavy atom. The van der Waals surface area contributed by atoms with E-state index in [1.165, 1.54) is 21.7 Å². The number of halogens is 3. The summed E-state index contributed by atoms with van der Waals surface area (Å²) in [7, 11) is 3.10. The number of alkyl halides is 3. The Morgan fingerprint density at radius 2 is 1.66 bits per heavy atom. The standard InChI is InChI=1S/C32H37F3N4O5/c1-20-15-21(2)39(36-20)24-10-9-23(26(18-24)32(33,34)35)19-38-29(40)12-14-37(31(38)41)13-11-22-16-27(42-3)30(28(17-22)43-4)44-25-7-5-6-8-25/h9-10,15-18,25H,5-8,11-14,19H2,1-4H3. The van der Waals surface area contributed by atoms with Crippen LogP contribution in [-0.2, 0) is 23.9 Å². The minimum absolute atomic E-state index is 0.0116. The van der Waals surface area contributed by atoms with Crippen LogP contribution >= 0.6 is 0 Å². The van der Waals surface area contributed by atoms with Gasteiger partial charge in [0.15, 0.2) is 11.5 Å². The average molecular weight is 615 g/mol. The van der Waals surface area contributed by atoms with E-state index in [1.807, 2.05) is 12.1 Å². The first-order valence-corrected chi connectivity index (χ1v) is 14.7. The van der Waals surface area contributed by atoms with E-state index in [0.29, 0.717) is 35.1 Å². The molecule has 3 amide bonds. The highest BCUT2D eigenvalue weighted by Gasteiger charge is 2.37. The first-order chi connectivity index (χ1) is 21.0. The fourth-order valence-electron chi connectivity index (χ4n) is 5.89. The predicted molar refractivity (Wildman–Crippen MR) is 156 cm³/mol. The molecular formula is C32H37F3N4O5. The number of rotatable bonds is 10. The van der Waals surface area contributed by atoms with Gasteiger partial charge in [0.1, 0.15) is 0 Å². The van der Waals surface area contributed by atoms with Crippen molar-refractivity contribution < 1.29 is 37.0 Å². The minimum atomic E-state index is -4.70. The Balaban J connectivity index is 1.32. The summed E-state index contributed by atoms with van der Waals surface area (Å²) in [6, 6.07) is 8.65. The van der Waals surface area contributed by atoms with Gasteiger partial charge in [-0.2, -0.15) is 18.3 Å². The molecule has 0 atom stereocenters. The molecule has 12 heteroatoms. The lowest BCUT2D eigenvalue weighted by atomic mass is 10.0. The van der Waals surface area contributed by atoms with E-state index in [0.717, 1.165) is 42.2 Å². The van der Waals surface area contributed by atoms with Crippen molar-refractivity contribution >= 4 is 11.9 Å². The zero-order valence-electron chi connectivity index (χ0n) is 25.4. The minimum Gasteiger partial charge on any atom is -0.493 e. The molecule has 0 bridgehead atoms. The van der Waals surface area contributed by atoms with E-state index in [9.17, 15) is 22.8 Å². The van der Waals surface area contributed by atoms with Gasteiger partial charge in [-0.05, 0) is 87.4 Å². The fraction of sp³-hybridized carbons (Fsp3) is 0.469. The first kappa shape index (κ1) is 31.2. The number of carbonyl (C=O) groups excluding carboxylic acids is 2. The number of carbonyl (C=O) groups is 2. The maximum absolute atomic E-state index is 14.2. The largest absolute Gasteiger partial charge is 0.493 e. The van der Waals surface area contributed by atoms with Gasteiger partial charge < -0.3 is 19.1 Å². The topological polar surface area (TPSA) is 86.1 Å². The third kappa shape index (κ3) is 6.63. The monoisotopic (exact) mass is 614 g/mol. The molecule has 1 aromatic heterocycles. The zero-order chi connectivity index (χ0) is 31.6. The number of aryl methyl sites for hydroxylation is 2. The molecule has 1 saturated carbocycles. The van der Waals surface area contributed by atoms with Crippen molar-refractivity contribution in [2.24, 2.45) is 0 Å². The van der Waals surface area contributed by atoms with Gasteiger partial charge in [-0.3, -0.25) is 9.69 Å². The van der Waals surface area contributed by atoms with Crippen LogP contribution in [0.3, 0.4) is 0 Å². The van der Waals surface area contributed by atoms with Gasteiger partial charge in [0.25, 0.3) is 0 Å². The van der Waals surface area contributed by atoms with E-state index in [1.54, 1.807) is 34.1 Å². The van der Waals surface area contributed by atoms with Crippen molar-refractivity contribution in [1.82, 2.24) is 19.6 Å². The highest BCUT2D eigenvalue weighted by atomic mass is 19.4. The summed E-state index contributed by atoms with van der Waals surface area (Å²) >= 11 is 0. The number of hydrogen-bond acceptors (Lipinski definition) is 6. The van der Waals surface area contributed by atoms with Crippen LogP contribution in [0.25, 0.3) is 5.69 Å². The van der Waals surface area contributed by atoms with E-state index < -0.39 is 30.2 Å². The highest BCUT2D eigenvalue weighted by Crippen LogP contribution is 2.41. The molecule has 236 valence electrons. The fourth-order valence-corrected chi connectivity index (χ4v) is 5.89. The molecule has 2 aromatic carbocycles. The van der Waals surface area contributed by atoms with Crippen molar-refractivity contribution in [1.29, 1.82) is 0 Å². The Kier molecular flexibility index (Phi) is 9.07. The summed E-state index contributed by atoms with van der Waals surface area (Å²) in [6.45, 7) is 3.45. The Morgan fingerprint density at radius 3 is 2.25 bits per heavy atom.